The van der Waals surface area contributed by atoms with Crippen LogP contribution in [0.4, 0.5) is 9.59 Å². The van der Waals surface area contributed by atoms with Gasteiger partial charge in [0.1, 0.15) is 48.4 Å². The summed E-state index contributed by atoms with van der Waals surface area (Å²) in [6, 6.07) is 15.2. The van der Waals surface area contributed by atoms with Gasteiger partial charge in [-0.15, -0.1) is 0 Å². The summed E-state index contributed by atoms with van der Waals surface area (Å²) in [4.78, 5) is 72.7. The maximum Gasteiger partial charge on any atom is 0.407 e. The molecule has 4 N–H and O–H groups in total. The molecule has 63 heavy (non-hydrogen) atoms. The molecule has 4 amide bonds. The number of methoxy groups -OCH3 is 2. The van der Waals surface area contributed by atoms with Gasteiger partial charge in [-0.3, -0.25) is 9.59 Å². The van der Waals surface area contributed by atoms with Crippen LogP contribution in [0.1, 0.15) is 87.0 Å². The van der Waals surface area contributed by atoms with Crippen LogP contribution < -0.4 is 20.1 Å². The largest absolute Gasteiger partial charge is 0.488 e. The van der Waals surface area contributed by atoms with Crippen LogP contribution in [-0.4, -0.2) is 87.1 Å². The Labute approximate surface area is 365 Å². The SMILES string of the molecule is COC(=O)N[C@H](C(=O)N1C[C@@H](C)C[C@H]1c1ncc(-c2cc3c4c(c2)OCc2cc(-c5cnc([C@@H]6C[C@H](C)CN6C(=O)[C@H](NC(=O)OC)c6ccccc6)[nH]5)cc(c2-4)OC3)[nH]1)C(C)C. The zero-order chi connectivity index (χ0) is 44.1. The molecule has 328 valence electrons. The Kier molecular flexibility index (Phi) is 11.1. The second kappa shape index (κ2) is 16.8. The first-order valence-electron chi connectivity index (χ1n) is 21.5. The zero-order valence-electron chi connectivity index (χ0n) is 36.2. The molecule has 2 fully saturated rings. The minimum Gasteiger partial charge on any atom is -0.488 e. The van der Waals surface area contributed by atoms with Crippen LogP contribution in [0.5, 0.6) is 11.5 Å². The van der Waals surface area contributed by atoms with E-state index in [1.54, 1.807) is 17.3 Å². The van der Waals surface area contributed by atoms with Crippen LogP contribution >= 0.6 is 0 Å². The molecule has 0 saturated carbocycles. The predicted molar refractivity (Wildman–Crippen MR) is 231 cm³/mol. The number of imidazole rings is 2. The first kappa shape index (κ1) is 41.5. The summed E-state index contributed by atoms with van der Waals surface area (Å²) < 4.78 is 22.6. The summed E-state index contributed by atoms with van der Waals surface area (Å²) in [6.07, 6.45) is 3.70. The quantitative estimate of drug-likeness (QED) is 0.112. The molecule has 3 aromatic carbocycles. The molecule has 4 aliphatic heterocycles. The van der Waals surface area contributed by atoms with Crippen molar-refractivity contribution in [3.63, 3.8) is 0 Å². The van der Waals surface area contributed by atoms with Gasteiger partial charge < -0.3 is 49.3 Å². The van der Waals surface area contributed by atoms with E-state index in [0.29, 0.717) is 49.9 Å². The molecule has 0 unspecified atom stereocenters. The number of carbonyl (C=O) groups is 4. The van der Waals surface area contributed by atoms with Crippen LogP contribution in [0.3, 0.4) is 0 Å². The molecule has 16 nitrogen and oxygen atoms in total. The number of aromatic amines is 2. The van der Waals surface area contributed by atoms with Gasteiger partial charge in [-0.1, -0.05) is 58.0 Å². The summed E-state index contributed by atoms with van der Waals surface area (Å²) in [5, 5.41) is 5.45. The van der Waals surface area contributed by atoms with Crippen LogP contribution in [0.2, 0.25) is 0 Å². The topological polar surface area (TPSA) is 193 Å². The van der Waals surface area contributed by atoms with Gasteiger partial charge in [0.25, 0.3) is 5.91 Å². The number of nitrogens with one attached hydrogen (secondary N) is 4. The molecule has 2 saturated heterocycles. The van der Waals surface area contributed by atoms with Crippen molar-refractivity contribution in [2.45, 2.75) is 77.9 Å². The van der Waals surface area contributed by atoms with E-state index < -0.39 is 24.3 Å². The summed E-state index contributed by atoms with van der Waals surface area (Å²) in [7, 11) is 2.57. The number of amides is 4. The number of hydrogen-bond acceptors (Lipinski definition) is 10. The molecule has 9 rings (SSSR count). The summed E-state index contributed by atoms with van der Waals surface area (Å²) in [6.45, 7) is 9.74. The second-order valence-electron chi connectivity index (χ2n) is 17.5. The van der Waals surface area contributed by atoms with Crippen molar-refractivity contribution in [2.24, 2.45) is 17.8 Å². The highest BCUT2D eigenvalue weighted by Crippen LogP contribution is 2.51. The monoisotopic (exact) mass is 856 g/mol. The predicted octanol–water partition coefficient (Wildman–Crippen LogP) is 7.22. The van der Waals surface area contributed by atoms with E-state index in [1.807, 2.05) is 61.2 Å². The van der Waals surface area contributed by atoms with Crippen molar-refractivity contribution < 1.29 is 38.1 Å². The van der Waals surface area contributed by atoms with E-state index in [-0.39, 0.29) is 41.7 Å². The average molecular weight is 857 g/mol. The number of rotatable bonds is 10. The van der Waals surface area contributed by atoms with Gasteiger partial charge in [-0.05, 0) is 60.4 Å². The number of benzene rings is 3. The third-order valence-electron chi connectivity index (χ3n) is 12.6. The Morgan fingerprint density at radius 1 is 0.714 bits per heavy atom. The molecular weight excluding hydrogens is 805 g/mol. The minimum absolute atomic E-state index is 0.139. The van der Waals surface area contributed by atoms with Gasteiger partial charge in [0.05, 0.1) is 50.1 Å². The van der Waals surface area contributed by atoms with Crippen LogP contribution in [-0.2, 0) is 32.3 Å². The molecule has 5 aromatic rings. The Bertz CT molecular complexity index is 2520. The van der Waals surface area contributed by atoms with Crippen LogP contribution in [0.25, 0.3) is 33.6 Å². The Morgan fingerprint density at radius 3 is 1.70 bits per heavy atom. The third kappa shape index (κ3) is 7.82. The Balaban J connectivity index is 0.954. The standard InChI is InChI=1S/C47H52N8O8/c1-24(2)40(52-46(58)60-5)44(56)54-20-25(3)12-34(54)42-48-18-32(50-42)28-14-30-22-63-37-17-29(15-31-23-62-36(16-28)38(30)39(31)37)33-19-49-43(51-33)35-13-26(4)21-55(35)45(57)41(53-47(59)61-6)27-10-8-7-9-11-27/h7-11,14-19,24-26,34-35,40-41H,12-13,20-23H2,1-6H3,(H,48,50)(H,49,51)(H,52,58)(H,53,59)/t25-,26-,34-,35-,40-,41+/m0/s1. The molecule has 2 aromatic heterocycles. The van der Waals surface area contributed by atoms with E-state index in [4.69, 9.17) is 28.9 Å². The van der Waals surface area contributed by atoms with Crippen molar-refractivity contribution in [2.75, 3.05) is 27.3 Å². The van der Waals surface area contributed by atoms with Crippen molar-refractivity contribution >= 4 is 24.0 Å². The van der Waals surface area contributed by atoms with Crippen molar-refractivity contribution in [1.29, 1.82) is 0 Å². The fraction of sp³-hybridized carbons (Fsp3) is 0.404. The highest BCUT2D eigenvalue weighted by Gasteiger charge is 2.42. The second-order valence-corrected chi connectivity index (χ2v) is 17.5. The molecule has 0 aliphatic carbocycles. The summed E-state index contributed by atoms with van der Waals surface area (Å²) >= 11 is 0. The molecule has 4 aliphatic rings. The van der Waals surface area contributed by atoms with Crippen LogP contribution in [0.15, 0.2) is 67.0 Å². The van der Waals surface area contributed by atoms with E-state index >= 15 is 0 Å². The number of likely N-dealkylation sites (tertiary alicyclic amines) is 2. The lowest BCUT2D eigenvalue weighted by Crippen LogP contribution is -2.51. The van der Waals surface area contributed by atoms with Crippen molar-refractivity contribution in [1.82, 2.24) is 40.4 Å². The van der Waals surface area contributed by atoms with Gasteiger partial charge >= 0.3 is 12.2 Å². The fourth-order valence-corrected chi connectivity index (χ4v) is 9.55. The number of carbonyl (C=O) groups excluding carboxylic acids is 4. The number of nitrogens with zero attached hydrogens (tertiary/aromatic N) is 4. The molecule has 6 atom stereocenters. The fourth-order valence-electron chi connectivity index (χ4n) is 9.55. The first-order chi connectivity index (χ1) is 30.4. The maximum absolute atomic E-state index is 14.2. The molecule has 0 radical (unpaired) electrons. The summed E-state index contributed by atoms with van der Waals surface area (Å²) in [5.41, 5.74) is 7.98. The van der Waals surface area contributed by atoms with Gasteiger partial charge in [-0.25, -0.2) is 19.6 Å². The molecule has 0 spiro atoms. The highest BCUT2D eigenvalue weighted by atomic mass is 16.5. The minimum atomic E-state index is -0.918. The number of H-pyrrole nitrogens is 2. The van der Waals surface area contributed by atoms with Gasteiger partial charge in [0.15, 0.2) is 0 Å². The molecule has 0 bridgehead atoms. The van der Waals surface area contributed by atoms with Crippen molar-refractivity contribution in [3.05, 3.63) is 95.3 Å². The number of alkyl carbamates (subject to hydrolysis) is 2. The zero-order valence-corrected chi connectivity index (χ0v) is 36.2. The first-order valence-corrected chi connectivity index (χ1v) is 21.5. The lowest BCUT2D eigenvalue weighted by molar-refractivity contribution is -0.136. The molecule has 16 heteroatoms. The number of ether oxygens (including phenoxy) is 4. The van der Waals surface area contributed by atoms with E-state index in [0.717, 1.165) is 62.7 Å². The molecular formula is C47H52N8O8. The normalized spacial score (nSPS) is 20.6. The number of aromatic nitrogens is 4. The highest BCUT2D eigenvalue weighted by molar-refractivity contribution is 5.90. The van der Waals surface area contributed by atoms with E-state index in [9.17, 15) is 19.2 Å². The third-order valence-corrected chi connectivity index (χ3v) is 12.6. The van der Waals surface area contributed by atoms with Crippen LogP contribution in [0, 0.1) is 17.8 Å². The van der Waals surface area contributed by atoms with Gasteiger partial charge in [0.2, 0.25) is 5.91 Å². The average Bonchev–Trinajstić information content (AvgIpc) is 4.13. The Morgan fingerprint density at radius 2 is 1.21 bits per heavy atom. The Hall–Kier alpha value is -6.84. The number of hydrogen-bond donors (Lipinski definition) is 4. The van der Waals surface area contributed by atoms with Gasteiger partial charge in [-0.2, -0.15) is 0 Å². The van der Waals surface area contributed by atoms with E-state index in [2.05, 4.69) is 46.6 Å². The lowest BCUT2D eigenvalue weighted by Gasteiger charge is -2.30. The summed E-state index contributed by atoms with van der Waals surface area (Å²) in [5.74, 6) is 2.77. The van der Waals surface area contributed by atoms with E-state index in [1.165, 1.54) is 14.2 Å². The smallest absolute Gasteiger partial charge is 0.407 e. The van der Waals surface area contributed by atoms with Crippen molar-refractivity contribution in [3.8, 4) is 45.1 Å². The van der Waals surface area contributed by atoms with Gasteiger partial charge in [0, 0.05) is 46.5 Å². The lowest BCUT2D eigenvalue weighted by atomic mass is 9.87. The maximum atomic E-state index is 14.2. The molecule has 6 heterocycles.